The van der Waals surface area contributed by atoms with Crippen LogP contribution in [0.25, 0.3) is 0 Å². The molecule has 122 valence electrons. The highest BCUT2D eigenvalue weighted by molar-refractivity contribution is 7.98. The normalized spacial score (nSPS) is 9.22. The zero-order valence-electron chi connectivity index (χ0n) is 13.7. The van der Waals surface area contributed by atoms with Crippen LogP contribution in [-0.2, 0) is 13.5 Å². The molecule has 0 aliphatic carbocycles. The standard InChI is InChI=1S/C8H10.C6H6ClNS.C4H6N2/c1-2-8-6-4-3-5-7-8;1-9-6-3-2-5(7)4-8-6;1-6-3-2-5-4-6/h3-7H,2H2,1H3;2-4H,1H3;2-4H,1H3. The second kappa shape index (κ2) is 11.7. The third kappa shape index (κ3) is 9.06. The van der Waals surface area contributed by atoms with Crippen molar-refractivity contribution >= 4 is 23.4 Å². The molecule has 0 spiro atoms. The van der Waals surface area contributed by atoms with Crippen molar-refractivity contribution in [2.75, 3.05) is 6.26 Å². The van der Waals surface area contributed by atoms with Crippen LogP contribution >= 0.6 is 23.4 Å². The molecular formula is C18H22ClN3S. The first-order valence-corrected chi connectivity index (χ1v) is 8.87. The van der Waals surface area contributed by atoms with Crippen LogP contribution in [-0.4, -0.2) is 20.8 Å². The predicted molar refractivity (Wildman–Crippen MR) is 100 cm³/mol. The van der Waals surface area contributed by atoms with Gasteiger partial charge >= 0.3 is 0 Å². The second-order valence-corrected chi connectivity index (χ2v) is 5.85. The molecule has 0 fully saturated rings. The molecular weight excluding hydrogens is 326 g/mol. The maximum absolute atomic E-state index is 5.60. The molecule has 0 aliphatic heterocycles. The summed E-state index contributed by atoms with van der Waals surface area (Å²) in [6.45, 7) is 2.16. The van der Waals surface area contributed by atoms with E-state index in [2.05, 4.69) is 41.2 Å². The number of aromatic nitrogens is 3. The lowest BCUT2D eigenvalue weighted by Gasteiger charge is -1.91. The maximum Gasteiger partial charge on any atom is 0.0958 e. The zero-order chi connectivity index (χ0) is 16.9. The molecule has 0 aliphatic rings. The Balaban J connectivity index is 0.000000176. The van der Waals surface area contributed by atoms with E-state index in [4.69, 9.17) is 11.6 Å². The number of aryl methyl sites for hydroxylation is 2. The maximum atomic E-state index is 5.60. The van der Waals surface area contributed by atoms with Crippen molar-refractivity contribution in [3.8, 4) is 0 Å². The van der Waals surface area contributed by atoms with Gasteiger partial charge < -0.3 is 4.57 Å². The van der Waals surface area contributed by atoms with E-state index >= 15 is 0 Å². The number of pyridine rings is 1. The van der Waals surface area contributed by atoms with Gasteiger partial charge in [0.25, 0.3) is 0 Å². The molecule has 3 rings (SSSR count). The van der Waals surface area contributed by atoms with Crippen LogP contribution in [0.5, 0.6) is 0 Å². The van der Waals surface area contributed by atoms with Crippen LogP contribution in [0.1, 0.15) is 12.5 Å². The average Bonchev–Trinajstić information content (AvgIpc) is 3.08. The van der Waals surface area contributed by atoms with Gasteiger partial charge in [-0.1, -0.05) is 48.9 Å². The minimum Gasteiger partial charge on any atom is -0.341 e. The Morgan fingerprint density at radius 2 is 1.87 bits per heavy atom. The summed E-state index contributed by atoms with van der Waals surface area (Å²) in [5.74, 6) is 0. The van der Waals surface area contributed by atoms with Crippen molar-refractivity contribution in [3.63, 3.8) is 0 Å². The quantitative estimate of drug-likeness (QED) is 0.602. The lowest BCUT2D eigenvalue weighted by molar-refractivity contribution is 0.913. The summed E-state index contributed by atoms with van der Waals surface area (Å²) in [5, 5.41) is 1.69. The van der Waals surface area contributed by atoms with Gasteiger partial charge in [-0.3, -0.25) is 0 Å². The Kier molecular flexibility index (Phi) is 9.84. The second-order valence-electron chi connectivity index (χ2n) is 4.59. The summed E-state index contributed by atoms with van der Waals surface area (Å²) >= 11 is 7.20. The fourth-order valence-electron chi connectivity index (χ4n) is 1.52. The first-order valence-electron chi connectivity index (χ1n) is 7.27. The Morgan fingerprint density at radius 3 is 2.22 bits per heavy atom. The van der Waals surface area contributed by atoms with E-state index in [1.165, 1.54) is 5.56 Å². The van der Waals surface area contributed by atoms with E-state index in [1.807, 2.05) is 42.3 Å². The number of imidazole rings is 1. The van der Waals surface area contributed by atoms with Gasteiger partial charge in [0, 0.05) is 25.6 Å². The SMILES string of the molecule is CCc1ccccc1.CSc1ccc(Cl)cn1.Cn1ccnc1. The number of hydrogen-bond donors (Lipinski definition) is 0. The number of thioether (sulfide) groups is 1. The molecule has 5 heteroatoms. The summed E-state index contributed by atoms with van der Waals surface area (Å²) in [6.07, 6.45) is 10.2. The Labute approximate surface area is 147 Å². The van der Waals surface area contributed by atoms with Crippen molar-refractivity contribution in [2.24, 2.45) is 7.05 Å². The number of benzene rings is 1. The Morgan fingerprint density at radius 1 is 1.13 bits per heavy atom. The van der Waals surface area contributed by atoms with Crippen LogP contribution in [0.15, 0.2) is 72.4 Å². The molecule has 3 aromatic rings. The van der Waals surface area contributed by atoms with E-state index in [-0.39, 0.29) is 0 Å². The Hall–Kier alpha value is -1.78. The topological polar surface area (TPSA) is 30.7 Å². The van der Waals surface area contributed by atoms with E-state index in [9.17, 15) is 0 Å². The summed E-state index contributed by atoms with van der Waals surface area (Å²) in [7, 11) is 1.94. The smallest absolute Gasteiger partial charge is 0.0958 e. The van der Waals surface area contributed by atoms with Gasteiger partial charge in [-0.25, -0.2) is 9.97 Å². The molecule has 23 heavy (non-hydrogen) atoms. The van der Waals surface area contributed by atoms with Crippen molar-refractivity contribution in [1.29, 1.82) is 0 Å². The van der Waals surface area contributed by atoms with E-state index in [0.717, 1.165) is 11.4 Å². The van der Waals surface area contributed by atoms with Gasteiger partial charge in [0.2, 0.25) is 0 Å². The van der Waals surface area contributed by atoms with Gasteiger partial charge in [-0.2, -0.15) is 0 Å². The molecule has 2 heterocycles. The zero-order valence-corrected chi connectivity index (χ0v) is 15.3. The number of hydrogen-bond acceptors (Lipinski definition) is 3. The number of halogens is 1. The number of rotatable bonds is 2. The summed E-state index contributed by atoms with van der Waals surface area (Å²) < 4.78 is 1.89. The molecule has 0 bridgehead atoms. The van der Waals surface area contributed by atoms with Gasteiger partial charge in [-0.15, -0.1) is 11.8 Å². The van der Waals surface area contributed by atoms with Gasteiger partial charge in [0.05, 0.1) is 16.4 Å². The van der Waals surface area contributed by atoms with E-state index in [1.54, 1.807) is 30.5 Å². The fraction of sp³-hybridized carbons (Fsp3) is 0.222. The van der Waals surface area contributed by atoms with Crippen molar-refractivity contribution in [3.05, 3.63) is 78.0 Å². The molecule has 0 radical (unpaired) electrons. The van der Waals surface area contributed by atoms with Crippen molar-refractivity contribution in [1.82, 2.24) is 14.5 Å². The van der Waals surface area contributed by atoms with Gasteiger partial charge in [0.15, 0.2) is 0 Å². The van der Waals surface area contributed by atoms with Crippen LogP contribution < -0.4 is 0 Å². The Bertz CT molecular complexity index is 625. The van der Waals surface area contributed by atoms with Crippen LogP contribution in [0, 0.1) is 0 Å². The van der Waals surface area contributed by atoms with Crippen LogP contribution in [0.4, 0.5) is 0 Å². The first kappa shape index (κ1) is 19.3. The lowest BCUT2D eigenvalue weighted by Crippen LogP contribution is -1.76. The summed E-state index contributed by atoms with van der Waals surface area (Å²) in [6, 6.07) is 14.2. The first-order chi connectivity index (χ1) is 11.2. The average molecular weight is 348 g/mol. The minimum absolute atomic E-state index is 0.688. The minimum atomic E-state index is 0.688. The monoisotopic (exact) mass is 347 g/mol. The van der Waals surface area contributed by atoms with Gasteiger partial charge in [0.1, 0.15) is 0 Å². The van der Waals surface area contributed by atoms with Crippen LogP contribution in [0.3, 0.4) is 0 Å². The molecule has 0 saturated carbocycles. The highest BCUT2D eigenvalue weighted by Gasteiger charge is 1.88. The molecule has 0 amide bonds. The van der Waals surface area contributed by atoms with E-state index in [0.29, 0.717) is 5.02 Å². The van der Waals surface area contributed by atoms with Crippen molar-refractivity contribution < 1.29 is 0 Å². The highest BCUT2D eigenvalue weighted by atomic mass is 35.5. The third-order valence-electron chi connectivity index (χ3n) is 2.80. The largest absolute Gasteiger partial charge is 0.341 e. The predicted octanol–water partition coefficient (Wildman–Crippen LogP) is 5.13. The molecule has 3 nitrogen and oxygen atoms in total. The fourth-order valence-corrected chi connectivity index (χ4v) is 2.00. The molecule has 1 aromatic carbocycles. The number of nitrogens with zero attached hydrogens (tertiary/aromatic N) is 3. The highest BCUT2D eigenvalue weighted by Crippen LogP contribution is 2.13. The third-order valence-corrected chi connectivity index (χ3v) is 3.68. The molecule has 0 saturated heterocycles. The molecule has 0 unspecified atom stereocenters. The summed E-state index contributed by atoms with van der Waals surface area (Å²) in [4.78, 5) is 7.81. The molecule has 2 aromatic heterocycles. The van der Waals surface area contributed by atoms with Crippen LogP contribution in [0.2, 0.25) is 5.02 Å². The van der Waals surface area contributed by atoms with E-state index < -0.39 is 0 Å². The molecule has 0 atom stereocenters. The van der Waals surface area contributed by atoms with Gasteiger partial charge in [-0.05, 0) is 30.4 Å². The van der Waals surface area contributed by atoms with Crippen molar-refractivity contribution in [2.45, 2.75) is 18.4 Å². The molecule has 0 N–H and O–H groups in total. The summed E-state index contributed by atoms with van der Waals surface area (Å²) in [5.41, 5.74) is 1.41. The lowest BCUT2D eigenvalue weighted by atomic mass is 10.2.